The van der Waals surface area contributed by atoms with E-state index < -0.39 is 0 Å². The lowest BCUT2D eigenvalue weighted by molar-refractivity contribution is 1.20. The van der Waals surface area contributed by atoms with E-state index in [1.54, 1.807) is 18.3 Å². The van der Waals surface area contributed by atoms with Crippen molar-refractivity contribution in [3.05, 3.63) is 55.4 Å². The monoisotopic (exact) mass is 287 g/mol. The second kappa shape index (κ2) is 4.73. The summed E-state index contributed by atoms with van der Waals surface area (Å²) in [6, 6.07) is 4.88. The molecule has 88 valence electrons. The smallest absolute Gasteiger partial charge is 0.255 e. The fourth-order valence-electron chi connectivity index (χ4n) is 1.52. The lowest BCUT2D eigenvalue weighted by atomic mass is 10.1. The van der Waals surface area contributed by atoms with Crippen molar-refractivity contribution in [1.82, 2.24) is 4.98 Å². The summed E-state index contributed by atoms with van der Waals surface area (Å²) in [5.41, 5.74) is 1.78. The molecule has 0 spiro atoms. The van der Waals surface area contributed by atoms with Crippen molar-refractivity contribution in [2.24, 2.45) is 0 Å². The third kappa shape index (κ3) is 2.49. The highest BCUT2D eigenvalue weighted by Gasteiger charge is 2.11. The zero-order valence-electron chi connectivity index (χ0n) is 8.85. The van der Waals surface area contributed by atoms with Gasteiger partial charge in [-0.3, -0.25) is 4.79 Å². The Labute approximate surface area is 113 Å². The Balaban J connectivity index is 2.72. The van der Waals surface area contributed by atoms with E-state index in [1.165, 1.54) is 6.07 Å². The minimum atomic E-state index is -0.212. The minimum absolute atomic E-state index is 0.212. The largest absolute Gasteiger partial charge is 0.328 e. The summed E-state index contributed by atoms with van der Waals surface area (Å²) in [5.74, 6) is 0. The van der Waals surface area contributed by atoms with Crippen LogP contribution in [0, 0.1) is 6.92 Å². The lowest BCUT2D eigenvalue weighted by Crippen LogP contribution is -2.08. The first-order chi connectivity index (χ1) is 7.99. The molecule has 1 aromatic carbocycles. The topological polar surface area (TPSA) is 32.9 Å². The number of H-pyrrole nitrogens is 1. The number of halogens is 3. The molecule has 0 radical (unpaired) electrons. The molecular formula is C12H8Cl3NO. The molecule has 2 rings (SSSR count). The van der Waals surface area contributed by atoms with Gasteiger partial charge in [0.05, 0.1) is 15.1 Å². The van der Waals surface area contributed by atoms with E-state index in [9.17, 15) is 4.79 Å². The molecule has 0 atom stereocenters. The highest BCUT2D eigenvalue weighted by Crippen LogP contribution is 2.33. The number of aromatic nitrogens is 1. The van der Waals surface area contributed by atoms with Crippen molar-refractivity contribution in [2.75, 3.05) is 0 Å². The van der Waals surface area contributed by atoms with Gasteiger partial charge in [0.25, 0.3) is 5.56 Å². The Morgan fingerprint density at radius 3 is 2.29 bits per heavy atom. The molecule has 0 fully saturated rings. The van der Waals surface area contributed by atoms with E-state index in [0.717, 1.165) is 5.56 Å². The highest BCUT2D eigenvalue weighted by molar-refractivity contribution is 6.44. The normalized spacial score (nSPS) is 10.6. The van der Waals surface area contributed by atoms with Gasteiger partial charge in [0.15, 0.2) is 0 Å². The molecule has 0 aliphatic carbocycles. The van der Waals surface area contributed by atoms with Gasteiger partial charge in [-0.25, -0.2) is 0 Å². The number of hydrogen-bond acceptors (Lipinski definition) is 1. The summed E-state index contributed by atoms with van der Waals surface area (Å²) in [6.45, 7) is 1.88. The fraction of sp³-hybridized carbons (Fsp3) is 0.0833. The molecular weight excluding hydrogens is 280 g/mol. The molecule has 0 aliphatic rings. The van der Waals surface area contributed by atoms with Crippen LogP contribution in [0.1, 0.15) is 5.56 Å². The molecule has 0 saturated carbocycles. The number of nitrogens with one attached hydrogen (secondary N) is 1. The van der Waals surface area contributed by atoms with Gasteiger partial charge >= 0.3 is 0 Å². The Bertz CT molecular complexity index is 634. The van der Waals surface area contributed by atoms with E-state index in [-0.39, 0.29) is 5.56 Å². The highest BCUT2D eigenvalue weighted by atomic mass is 35.5. The van der Waals surface area contributed by atoms with E-state index >= 15 is 0 Å². The zero-order chi connectivity index (χ0) is 12.6. The van der Waals surface area contributed by atoms with Gasteiger partial charge in [-0.1, -0.05) is 34.8 Å². The Morgan fingerprint density at radius 2 is 1.59 bits per heavy atom. The second-order valence-electron chi connectivity index (χ2n) is 3.67. The van der Waals surface area contributed by atoms with Gasteiger partial charge in [-0.15, -0.1) is 0 Å². The van der Waals surface area contributed by atoms with E-state index in [4.69, 9.17) is 34.8 Å². The van der Waals surface area contributed by atoms with Gasteiger partial charge in [0.2, 0.25) is 0 Å². The molecule has 0 bridgehead atoms. The third-order valence-electron chi connectivity index (χ3n) is 2.35. The summed E-state index contributed by atoms with van der Waals surface area (Å²) in [6.07, 6.45) is 1.64. The summed E-state index contributed by atoms with van der Waals surface area (Å²) >= 11 is 17.8. The zero-order valence-corrected chi connectivity index (χ0v) is 11.1. The summed E-state index contributed by atoms with van der Waals surface area (Å²) < 4.78 is 0. The number of aryl methyl sites for hydroxylation is 1. The van der Waals surface area contributed by atoms with E-state index in [1.807, 2.05) is 6.92 Å². The number of hydrogen-bond donors (Lipinski definition) is 1. The molecule has 1 aromatic heterocycles. The number of aromatic amines is 1. The van der Waals surface area contributed by atoms with Crippen LogP contribution in [0.4, 0.5) is 0 Å². The number of pyridine rings is 1. The fourth-order valence-corrected chi connectivity index (χ4v) is 2.17. The summed E-state index contributed by atoms with van der Waals surface area (Å²) in [4.78, 5) is 14.4. The maximum Gasteiger partial charge on any atom is 0.255 e. The Morgan fingerprint density at radius 1 is 0.941 bits per heavy atom. The van der Waals surface area contributed by atoms with Crippen LogP contribution in [-0.2, 0) is 0 Å². The molecule has 0 unspecified atom stereocenters. The van der Waals surface area contributed by atoms with Gasteiger partial charge in [-0.2, -0.15) is 0 Å². The van der Waals surface area contributed by atoms with Crippen LogP contribution < -0.4 is 5.56 Å². The van der Waals surface area contributed by atoms with Crippen molar-refractivity contribution in [2.45, 2.75) is 6.92 Å². The third-order valence-corrected chi connectivity index (χ3v) is 3.38. The van der Waals surface area contributed by atoms with E-state index in [0.29, 0.717) is 26.2 Å². The molecule has 1 N–H and O–H groups in total. The van der Waals surface area contributed by atoms with Crippen LogP contribution in [-0.4, -0.2) is 4.98 Å². The molecule has 0 saturated heterocycles. The van der Waals surface area contributed by atoms with Gasteiger partial charge in [0, 0.05) is 17.3 Å². The molecule has 0 amide bonds. The van der Waals surface area contributed by atoms with Gasteiger partial charge < -0.3 is 4.98 Å². The molecule has 5 heteroatoms. The van der Waals surface area contributed by atoms with Crippen LogP contribution >= 0.6 is 34.8 Å². The SMILES string of the molecule is Cc1c[nH]c(=O)c(-c2cc(Cl)c(Cl)cc2Cl)c1. The molecule has 17 heavy (non-hydrogen) atoms. The van der Waals surface area contributed by atoms with Crippen molar-refractivity contribution in [3.63, 3.8) is 0 Å². The second-order valence-corrected chi connectivity index (χ2v) is 4.89. The van der Waals surface area contributed by atoms with Gasteiger partial charge in [0.1, 0.15) is 0 Å². The predicted molar refractivity (Wildman–Crippen MR) is 72.3 cm³/mol. The summed E-state index contributed by atoms with van der Waals surface area (Å²) in [5, 5.41) is 1.13. The van der Waals surface area contributed by atoms with Crippen LogP contribution in [0.15, 0.2) is 29.2 Å². The lowest BCUT2D eigenvalue weighted by Gasteiger charge is -2.06. The first-order valence-corrected chi connectivity index (χ1v) is 5.96. The number of benzene rings is 1. The molecule has 1 heterocycles. The molecule has 2 aromatic rings. The van der Waals surface area contributed by atoms with Crippen LogP contribution in [0.2, 0.25) is 15.1 Å². The molecule has 0 aliphatic heterocycles. The summed E-state index contributed by atoms with van der Waals surface area (Å²) in [7, 11) is 0. The van der Waals surface area contributed by atoms with Crippen molar-refractivity contribution in [1.29, 1.82) is 0 Å². The average molecular weight is 289 g/mol. The maximum atomic E-state index is 11.7. The van der Waals surface area contributed by atoms with Gasteiger partial charge in [-0.05, 0) is 30.7 Å². The minimum Gasteiger partial charge on any atom is -0.328 e. The first kappa shape index (κ1) is 12.5. The Kier molecular flexibility index (Phi) is 3.48. The van der Waals surface area contributed by atoms with E-state index in [2.05, 4.69) is 4.98 Å². The number of rotatable bonds is 1. The quantitative estimate of drug-likeness (QED) is 0.779. The first-order valence-electron chi connectivity index (χ1n) is 4.83. The standard InChI is InChI=1S/C12H8Cl3NO/c1-6-2-8(12(17)16-5-6)7-3-10(14)11(15)4-9(7)13/h2-5H,1H3,(H,16,17). The van der Waals surface area contributed by atoms with Crippen LogP contribution in [0.5, 0.6) is 0 Å². The van der Waals surface area contributed by atoms with Crippen LogP contribution in [0.25, 0.3) is 11.1 Å². The Hall–Kier alpha value is -0.960. The maximum absolute atomic E-state index is 11.7. The predicted octanol–water partition coefficient (Wildman–Crippen LogP) is 4.31. The van der Waals surface area contributed by atoms with Crippen molar-refractivity contribution < 1.29 is 0 Å². The average Bonchev–Trinajstić information content (AvgIpc) is 2.27. The van der Waals surface area contributed by atoms with Crippen LogP contribution in [0.3, 0.4) is 0 Å². The van der Waals surface area contributed by atoms with Crippen molar-refractivity contribution in [3.8, 4) is 11.1 Å². The van der Waals surface area contributed by atoms with Crippen molar-refractivity contribution >= 4 is 34.8 Å². The molecule has 2 nitrogen and oxygen atoms in total.